The first-order chi connectivity index (χ1) is 15.7. The van der Waals surface area contributed by atoms with Crippen molar-refractivity contribution >= 4 is 27.3 Å². The summed E-state index contributed by atoms with van der Waals surface area (Å²) in [4.78, 5) is 26.8. The molecule has 0 bridgehead atoms. The van der Waals surface area contributed by atoms with E-state index in [-0.39, 0.29) is 27.4 Å². The Bertz CT molecular complexity index is 1370. The quantitative estimate of drug-likeness (QED) is 0.543. The highest BCUT2D eigenvalue weighted by Gasteiger charge is 2.38. The van der Waals surface area contributed by atoms with Gasteiger partial charge in [0.25, 0.3) is 10.0 Å². The summed E-state index contributed by atoms with van der Waals surface area (Å²) in [6, 6.07) is 12.7. The van der Waals surface area contributed by atoms with Crippen molar-refractivity contribution in [3.8, 4) is 0 Å². The average molecular weight is 465 g/mol. The van der Waals surface area contributed by atoms with E-state index >= 15 is 0 Å². The summed E-state index contributed by atoms with van der Waals surface area (Å²) in [6.45, 7) is 6.84. The van der Waals surface area contributed by atoms with E-state index in [0.29, 0.717) is 5.92 Å². The standard InChI is InChI=1S/C25H25N3O4S/c1-17(2)12-13-27-14-15-28(16-27)23-22(24(29)20-6-4-5-7-21(20)25(23)30)26-33(31,32)19-10-8-18(3)9-11-19/h4-11,14-17H,12-13H2,1-3H3/p+1. The third-order valence-electron chi connectivity index (χ3n) is 5.58. The lowest BCUT2D eigenvalue weighted by atomic mass is 9.90. The number of nitrogens with one attached hydrogen (secondary N) is 1. The van der Waals surface area contributed by atoms with Crippen LogP contribution in [-0.2, 0) is 16.6 Å². The maximum atomic E-state index is 13.4. The van der Waals surface area contributed by atoms with Crippen LogP contribution in [0.15, 0.2) is 77.8 Å². The molecule has 0 amide bonds. The summed E-state index contributed by atoms with van der Waals surface area (Å²) in [7, 11) is -4.09. The Kier molecular flexibility index (Phi) is 6.03. The number of rotatable bonds is 7. The molecule has 8 heteroatoms. The van der Waals surface area contributed by atoms with Gasteiger partial charge in [0.2, 0.25) is 23.6 Å². The number of hydrogen-bond donors (Lipinski definition) is 1. The number of benzene rings is 2. The van der Waals surface area contributed by atoms with Crippen LogP contribution in [0.4, 0.5) is 0 Å². The molecule has 0 unspecified atom stereocenters. The molecule has 0 radical (unpaired) electrons. The van der Waals surface area contributed by atoms with Crippen molar-refractivity contribution in [2.24, 2.45) is 5.92 Å². The van der Waals surface area contributed by atoms with Crippen LogP contribution in [0, 0.1) is 12.8 Å². The minimum atomic E-state index is -4.09. The molecule has 7 nitrogen and oxygen atoms in total. The largest absolute Gasteiger partial charge is 0.287 e. The highest BCUT2D eigenvalue weighted by Crippen LogP contribution is 2.29. The van der Waals surface area contributed by atoms with Crippen LogP contribution in [-0.4, -0.2) is 24.6 Å². The SMILES string of the molecule is Cc1ccc(S(=O)(=O)NC2=C(n3cc[n+](CCC(C)C)c3)C(=O)c3ccccc3C2=O)cc1. The Balaban J connectivity index is 1.82. The Morgan fingerprint density at radius 1 is 0.970 bits per heavy atom. The Morgan fingerprint density at radius 3 is 2.24 bits per heavy atom. The first kappa shape index (κ1) is 22.7. The van der Waals surface area contributed by atoms with Crippen molar-refractivity contribution in [3.05, 3.63) is 89.6 Å². The van der Waals surface area contributed by atoms with Gasteiger partial charge in [-0.05, 0) is 31.4 Å². The molecular weight excluding hydrogens is 438 g/mol. The van der Waals surface area contributed by atoms with Crippen LogP contribution >= 0.6 is 0 Å². The summed E-state index contributed by atoms with van der Waals surface area (Å²) in [6.07, 6.45) is 6.11. The van der Waals surface area contributed by atoms with Crippen molar-refractivity contribution in [2.75, 3.05) is 0 Å². The van der Waals surface area contributed by atoms with E-state index in [1.807, 2.05) is 11.5 Å². The third kappa shape index (κ3) is 4.52. The molecule has 3 aromatic rings. The number of fused-ring (bicyclic) bond motifs is 1. The molecule has 1 aromatic heterocycles. The second-order valence-electron chi connectivity index (χ2n) is 8.59. The molecule has 0 saturated heterocycles. The monoisotopic (exact) mass is 464 g/mol. The third-order valence-corrected chi connectivity index (χ3v) is 6.94. The highest BCUT2D eigenvalue weighted by atomic mass is 32.2. The maximum Gasteiger partial charge on any atom is 0.262 e. The zero-order chi connectivity index (χ0) is 23.8. The van der Waals surface area contributed by atoms with E-state index in [1.165, 1.54) is 22.8 Å². The van der Waals surface area contributed by atoms with Gasteiger partial charge in [0.1, 0.15) is 18.1 Å². The van der Waals surface area contributed by atoms with Gasteiger partial charge in [-0.1, -0.05) is 55.8 Å². The molecule has 4 rings (SSSR count). The van der Waals surface area contributed by atoms with Crippen LogP contribution < -0.4 is 9.29 Å². The van der Waals surface area contributed by atoms with Crippen molar-refractivity contribution in [1.82, 2.24) is 9.29 Å². The average Bonchev–Trinajstić information content (AvgIpc) is 3.25. The fourth-order valence-electron chi connectivity index (χ4n) is 3.68. The Morgan fingerprint density at radius 2 is 1.61 bits per heavy atom. The topological polar surface area (TPSA) is 89.1 Å². The van der Waals surface area contributed by atoms with Crippen LogP contribution in [0.2, 0.25) is 0 Å². The molecule has 0 saturated carbocycles. The number of imidazole rings is 1. The maximum absolute atomic E-state index is 13.4. The fourth-order valence-corrected chi connectivity index (χ4v) is 4.75. The molecule has 2 aromatic carbocycles. The minimum Gasteiger partial charge on any atom is -0.287 e. The fraction of sp³-hybridized carbons (Fsp3) is 0.240. The summed E-state index contributed by atoms with van der Waals surface area (Å²) in [5.41, 5.74) is 1.06. The minimum absolute atomic E-state index is 0.0126. The number of allylic oxidation sites excluding steroid dienone is 2. The molecule has 0 aliphatic heterocycles. The number of carbonyl (C=O) groups excluding carboxylic acids is 2. The molecule has 170 valence electrons. The van der Waals surface area contributed by atoms with E-state index in [4.69, 9.17) is 0 Å². The smallest absolute Gasteiger partial charge is 0.262 e. The summed E-state index contributed by atoms with van der Waals surface area (Å²) in [5, 5.41) is 0. The molecular formula is C25H26N3O4S+. The molecule has 1 aliphatic carbocycles. The molecule has 0 spiro atoms. The van der Waals surface area contributed by atoms with E-state index in [9.17, 15) is 18.0 Å². The second kappa shape index (κ2) is 8.78. The summed E-state index contributed by atoms with van der Waals surface area (Å²) in [5.74, 6) is -0.460. The van der Waals surface area contributed by atoms with Gasteiger partial charge in [-0.2, -0.15) is 4.57 Å². The molecule has 1 N–H and O–H groups in total. The lowest BCUT2D eigenvalue weighted by Crippen LogP contribution is -2.36. The van der Waals surface area contributed by atoms with Gasteiger partial charge in [0, 0.05) is 11.1 Å². The first-order valence-corrected chi connectivity index (χ1v) is 12.3. The van der Waals surface area contributed by atoms with Gasteiger partial charge >= 0.3 is 0 Å². The Labute approximate surface area is 193 Å². The number of sulfonamides is 1. The van der Waals surface area contributed by atoms with Crippen LogP contribution in [0.1, 0.15) is 46.5 Å². The van der Waals surface area contributed by atoms with Crippen LogP contribution in [0.5, 0.6) is 0 Å². The van der Waals surface area contributed by atoms with Gasteiger partial charge in [-0.25, -0.2) is 13.0 Å². The van der Waals surface area contributed by atoms with E-state index in [0.717, 1.165) is 18.5 Å². The van der Waals surface area contributed by atoms with E-state index < -0.39 is 21.6 Å². The van der Waals surface area contributed by atoms with Gasteiger partial charge in [0.15, 0.2) is 0 Å². The van der Waals surface area contributed by atoms with E-state index in [2.05, 4.69) is 18.6 Å². The Hall–Kier alpha value is -3.52. The number of Topliss-reactive ketones (excluding diaryl/α,β-unsaturated/α-hetero) is 2. The number of aryl methyl sites for hydroxylation is 2. The second-order valence-corrected chi connectivity index (χ2v) is 10.3. The first-order valence-electron chi connectivity index (χ1n) is 10.8. The van der Waals surface area contributed by atoms with Crippen LogP contribution in [0.3, 0.4) is 0 Å². The predicted molar refractivity (Wildman–Crippen MR) is 124 cm³/mol. The van der Waals surface area contributed by atoms with Gasteiger partial charge in [-0.15, -0.1) is 0 Å². The molecule has 1 heterocycles. The summed E-state index contributed by atoms with van der Waals surface area (Å²) < 4.78 is 32.1. The number of aromatic nitrogens is 2. The molecule has 33 heavy (non-hydrogen) atoms. The number of nitrogens with zero attached hydrogens (tertiary/aromatic N) is 2. The molecule has 0 atom stereocenters. The van der Waals surface area contributed by atoms with Gasteiger partial charge in [0.05, 0.1) is 11.4 Å². The predicted octanol–water partition coefficient (Wildman–Crippen LogP) is 3.36. The summed E-state index contributed by atoms with van der Waals surface area (Å²) >= 11 is 0. The number of ketones is 2. The van der Waals surface area contributed by atoms with Gasteiger partial charge < -0.3 is 0 Å². The van der Waals surface area contributed by atoms with Crippen molar-refractivity contribution in [3.63, 3.8) is 0 Å². The zero-order valence-electron chi connectivity index (χ0n) is 18.8. The van der Waals surface area contributed by atoms with Gasteiger partial charge in [-0.3, -0.25) is 14.3 Å². The van der Waals surface area contributed by atoms with Crippen molar-refractivity contribution in [2.45, 2.75) is 38.6 Å². The molecule has 1 aliphatic rings. The lowest BCUT2D eigenvalue weighted by Gasteiger charge is -2.19. The normalized spacial score (nSPS) is 14.1. The number of hydrogen-bond acceptors (Lipinski definition) is 4. The molecule has 0 fully saturated rings. The van der Waals surface area contributed by atoms with Crippen molar-refractivity contribution < 1.29 is 22.6 Å². The highest BCUT2D eigenvalue weighted by molar-refractivity contribution is 7.89. The van der Waals surface area contributed by atoms with Crippen LogP contribution in [0.25, 0.3) is 5.70 Å². The zero-order valence-corrected chi connectivity index (χ0v) is 19.6. The lowest BCUT2D eigenvalue weighted by molar-refractivity contribution is -0.697. The van der Waals surface area contributed by atoms with E-state index in [1.54, 1.807) is 49.1 Å². The van der Waals surface area contributed by atoms with Crippen molar-refractivity contribution in [1.29, 1.82) is 0 Å². The number of carbonyl (C=O) groups is 2.